The summed E-state index contributed by atoms with van der Waals surface area (Å²) in [5.41, 5.74) is 4.82. The predicted octanol–water partition coefficient (Wildman–Crippen LogP) is 3.86. The van der Waals surface area contributed by atoms with Crippen LogP contribution in [0.1, 0.15) is 10.5 Å². The average Bonchev–Trinajstić information content (AvgIpc) is 3.49. The van der Waals surface area contributed by atoms with Crippen molar-refractivity contribution in [1.29, 1.82) is 0 Å². The molecule has 5 aromatic rings. The number of rotatable bonds is 5. The van der Waals surface area contributed by atoms with Crippen molar-refractivity contribution in [2.45, 2.75) is 0 Å². The van der Waals surface area contributed by atoms with Gasteiger partial charge in [-0.3, -0.25) is 14.9 Å². The van der Waals surface area contributed by atoms with Crippen LogP contribution in [0.4, 0.5) is 11.5 Å². The van der Waals surface area contributed by atoms with Crippen LogP contribution in [0.15, 0.2) is 67.3 Å². The molecule has 0 fully saturated rings. The second-order valence-corrected chi connectivity index (χ2v) is 7.49. The number of carbonyl (C=O) groups is 1. The monoisotopic (exact) mass is 424 g/mol. The van der Waals surface area contributed by atoms with Gasteiger partial charge in [-0.1, -0.05) is 12.1 Å². The molecule has 0 aliphatic rings. The third-order valence-corrected chi connectivity index (χ3v) is 5.00. The van der Waals surface area contributed by atoms with E-state index in [0.717, 1.165) is 33.4 Å². The Balaban J connectivity index is 1.38. The van der Waals surface area contributed by atoms with Crippen molar-refractivity contribution in [1.82, 2.24) is 35.0 Å². The number of carbonyl (C=O) groups excluding carboxylic acids is 1. The molecule has 0 spiro atoms. The Hall–Kier alpha value is -4.53. The maximum absolute atomic E-state index is 12.2. The summed E-state index contributed by atoms with van der Waals surface area (Å²) >= 11 is 0. The van der Waals surface area contributed by atoms with E-state index < -0.39 is 0 Å². The maximum atomic E-state index is 12.2. The van der Waals surface area contributed by atoms with Gasteiger partial charge in [0.2, 0.25) is 0 Å². The number of hydrogen-bond donors (Lipinski definition) is 3. The van der Waals surface area contributed by atoms with E-state index in [0.29, 0.717) is 17.3 Å². The number of nitrogens with one attached hydrogen (secondary N) is 3. The molecule has 9 heteroatoms. The Kier molecular flexibility index (Phi) is 4.83. The van der Waals surface area contributed by atoms with Crippen LogP contribution < -0.4 is 5.32 Å². The molecule has 5 rings (SSSR count). The largest absolute Gasteiger partial charge is 0.351 e. The van der Waals surface area contributed by atoms with Gasteiger partial charge in [-0.25, -0.2) is 9.97 Å². The molecule has 0 saturated carbocycles. The van der Waals surface area contributed by atoms with Gasteiger partial charge in [-0.15, -0.1) is 0 Å². The maximum Gasteiger partial charge on any atom is 0.269 e. The van der Waals surface area contributed by atoms with Crippen molar-refractivity contribution >= 4 is 28.3 Å². The smallest absolute Gasteiger partial charge is 0.269 e. The van der Waals surface area contributed by atoms with Crippen molar-refractivity contribution in [3.05, 3.63) is 72.9 Å². The molecule has 0 radical (unpaired) electrons. The van der Waals surface area contributed by atoms with Crippen molar-refractivity contribution in [3.8, 4) is 22.6 Å². The zero-order valence-corrected chi connectivity index (χ0v) is 17.5. The lowest BCUT2D eigenvalue weighted by Crippen LogP contribution is -2.21. The second kappa shape index (κ2) is 7.95. The number of fused-ring (bicyclic) bond motifs is 1. The Labute approximate surface area is 183 Å². The van der Waals surface area contributed by atoms with Gasteiger partial charge >= 0.3 is 0 Å². The Bertz CT molecular complexity index is 1390. The van der Waals surface area contributed by atoms with Gasteiger partial charge in [0.25, 0.3) is 5.91 Å². The van der Waals surface area contributed by atoms with Crippen LogP contribution in [-0.4, -0.2) is 55.0 Å². The highest BCUT2D eigenvalue weighted by atomic mass is 16.2. The molecule has 4 heterocycles. The average molecular weight is 424 g/mol. The van der Waals surface area contributed by atoms with E-state index in [2.05, 4.69) is 35.5 Å². The van der Waals surface area contributed by atoms with E-state index >= 15 is 0 Å². The molecular weight excluding hydrogens is 404 g/mol. The molecule has 0 bridgehead atoms. The normalized spacial score (nSPS) is 10.9. The number of aromatic nitrogens is 6. The summed E-state index contributed by atoms with van der Waals surface area (Å²) in [7, 11) is 3.46. The fourth-order valence-electron chi connectivity index (χ4n) is 3.37. The highest BCUT2D eigenvalue weighted by Crippen LogP contribution is 2.25. The lowest BCUT2D eigenvalue weighted by atomic mass is 10.1. The van der Waals surface area contributed by atoms with Crippen molar-refractivity contribution in [2.24, 2.45) is 0 Å². The molecule has 4 aromatic heterocycles. The third-order valence-electron chi connectivity index (χ3n) is 5.00. The van der Waals surface area contributed by atoms with Gasteiger partial charge in [-0.05, 0) is 30.3 Å². The zero-order chi connectivity index (χ0) is 22.1. The van der Waals surface area contributed by atoms with Crippen LogP contribution in [0, 0.1) is 0 Å². The molecule has 0 aliphatic carbocycles. The zero-order valence-electron chi connectivity index (χ0n) is 17.5. The van der Waals surface area contributed by atoms with E-state index in [1.54, 1.807) is 49.8 Å². The number of benzene rings is 1. The minimum Gasteiger partial charge on any atom is -0.351 e. The summed E-state index contributed by atoms with van der Waals surface area (Å²) in [5, 5.41) is 10.9. The number of hydrogen-bond acceptors (Lipinski definition) is 6. The lowest BCUT2D eigenvalue weighted by Gasteiger charge is -2.08. The Morgan fingerprint density at radius 1 is 1.00 bits per heavy atom. The van der Waals surface area contributed by atoms with Gasteiger partial charge in [0.15, 0.2) is 5.82 Å². The molecule has 0 atom stereocenters. The fourth-order valence-corrected chi connectivity index (χ4v) is 3.37. The SMILES string of the molecule is CN(C)C(=O)c1cc2ccc(-c3nccc(Nc4ccc(-c5cn[nH]c5)nc4)n3)cc2[nH]1. The molecule has 32 heavy (non-hydrogen) atoms. The van der Waals surface area contributed by atoms with Gasteiger partial charge in [0, 0.05) is 48.5 Å². The molecule has 158 valence electrons. The summed E-state index contributed by atoms with van der Waals surface area (Å²) in [6, 6.07) is 13.3. The predicted molar refractivity (Wildman–Crippen MR) is 122 cm³/mol. The van der Waals surface area contributed by atoms with E-state index in [1.807, 2.05) is 36.4 Å². The number of H-pyrrole nitrogens is 2. The van der Waals surface area contributed by atoms with Crippen molar-refractivity contribution < 1.29 is 4.79 Å². The van der Waals surface area contributed by atoms with E-state index in [9.17, 15) is 4.79 Å². The van der Waals surface area contributed by atoms with Crippen LogP contribution in [-0.2, 0) is 0 Å². The first-order valence-corrected chi connectivity index (χ1v) is 9.97. The number of aromatic amines is 2. The topological polar surface area (TPSA) is 115 Å². The third kappa shape index (κ3) is 3.79. The number of anilines is 2. The second-order valence-electron chi connectivity index (χ2n) is 7.49. The van der Waals surface area contributed by atoms with Gasteiger partial charge < -0.3 is 15.2 Å². The van der Waals surface area contributed by atoms with Crippen LogP contribution in [0.25, 0.3) is 33.5 Å². The molecule has 3 N–H and O–H groups in total. The van der Waals surface area contributed by atoms with E-state index in [-0.39, 0.29) is 5.91 Å². The van der Waals surface area contributed by atoms with Crippen LogP contribution in [0.3, 0.4) is 0 Å². The summed E-state index contributed by atoms with van der Waals surface area (Å²) in [6.07, 6.45) is 6.98. The lowest BCUT2D eigenvalue weighted by molar-refractivity contribution is 0.0823. The fraction of sp³-hybridized carbons (Fsp3) is 0.0870. The molecular formula is C23H20N8O. The van der Waals surface area contributed by atoms with Crippen LogP contribution in [0.2, 0.25) is 0 Å². The number of pyridine rings is 1. The van der Waals surface area contributed by atoms with E-state index in [4.69, 9.17) is 0 Å². The molecule has 1 aromatic carbocycles. The highest BCUT2D eigenvalue weighted by molar-refractivity contribution is 5.98. The van der Waals surface area contributed by atoms with Crippen LogP contribution >= 0.6 is 0 Å². The molecule has 0 saturated heterocycles. The van der Waals surface area contributed by atoms with Gasteiger partial charge in [0.05, 0.1) is 23.8 Å². The highest BCUT2D eigenvalue weighted by Gasteiger charge is 2.12. The Morgan fingerprint density at radius 2 is 1.91 bits per heavy atom. The standard InChI is InChI=1S/C23H20N8O/c1-31(2)23(32)20-9-14-3-4-15(10-19(14)29-20)22-24-8-7-21(30-22)28-17-5-6-18(25-13-17)16-11-26-27-12-16/h3-13,29H,1-2H3,(H,26,27)(H,24,28,30). The molecule has 0 aliphatic heterocycles. The minimum absolute atomic E-state index is 0.0717. The summed E-state index contributed by atoms with van der Waals surface area (Å²) in [5.74, 6) is 1.16. The first-order chi connectivity index (χ1) is 15.6. The summed E-state index contributed by atoms with van der Waals surface area (Å²) < 4.78 is 0. The van der Waals surface area contributed by atoms with E-state index in [1.165, 1.54) is 0 Å². The first-order valence-electron chi connectivity index (χ1n) is 9.97. The molecule has 9 nitrogen and oxygen atoms in total. The van der Waals surface area contributed by atoms with Crippen LogP contribution in [0.5, 0.6) is 0 Å². The van der Waals surface area contributed by atoms with Crippen molar-refractivity contribution in [2.75, 3.05) is 19.4 Å². The Morgan fingerprint density at radius 3 is 2.66 bits per heavy atom. The quantitative estimate of drug-likeness (QED) is 0.395. The van der Waals surface area contributed by atoms with Gasteiger partial charge in [0.1, 0.15) is 11.5 Å². The first kappa shape index (κ1) is 19.4. The summed E-state index contributed by atoms with van der Waals surface area (Å²) in [4.78, 5) is 30.5. The number of nitrogens with zero attached hydrogens (tertiary/aromatic N) is 5. The minimum atomic E-state index is -0.0717. The summed E-state index contributed by atoms with van der Waals surface area (Å²) in [6.45, 7) is 0. The molecule has 1 amide bonds. The van der Waals surface area contributed by atoms with Gasteiger partial charge in [-0.2, -0.15) is 5.10 Å². The molecule has 0 unspecified atom stereocenters. The number of amides is 1. The van der Waals surface area contributed by atoms with Crippen molar-refractivity contribution in [3.63, 3.8) is 0 Å².